The number of aromatic nitrogens is 2. The molecule has 6 heteroatoms. The normalized spacial score (nSPS) is 16.5. The van der Waals surface area contributed by atoms with Crippen molar-refractivity contribution in [2.45, 2.75) is 32.4 Å². The van der Waals surface area contributed by atoms with Crippen molar-refractivity contribution in [2.24, 2.45) is 0 Å². The van der Waals surface area contributed by atoms with Gasteiger partial charge in [0.25, 0.3) is 0 Å². The standard InChI is InChI=1S/C22H23N3O3/c1-16-9-11-18(12-10-16)21-23-22(28-24-21)19-8-5-13-25(19)20(26)15-27-14-17-6-3-2-4-7-17/h2-4,6-7,9-12,19H,5,8,13-15H2,1H3. The third kappa shape index (κ3) is 4.12. The van der Waals surface area contributed by atoms with E-state index >= 15 is 0 Å². The lowest BCUT2D eigenvalue weighted by Gasteiger charge is -2.21. The van der Waals surface area contributed by atoms with E-state index in [1.807, 2.05) is 61.5 Å². The maximum Gasteiger partial charge on any atom is 0.249 e. The van der Waals surface area contributed by atoms with Crippen molar-refractivity contribution in [2.75, 3.05) is 13.2 Å². The number of likely N-dealkylation sites (tertiary alicyclic amines) is 1. The predicted octanol–water partition coefficient (Wildman–Crippen LogP) is 3.93. The summed E-state index contributed by atoms with van der Waals surface area (Å²) in [6.07, 6.45) is 1.73. The molecule has 3 aromatic rings. The lowest BCUT2D eigenvalue weighted by atomic mass is 10.1. The zero-order valence-electron chi connectivity index (χ0n) is 15.9. The molecule has 6 nitrogen and oxygen atoms in total. The monoisotopic (exact) mass is 377 g/mol. The van der Waals surface area contributed by atoms with E-state index in [0.717, 1.165) is 24.0 Å². The maximum absolute atomic E-state index is 12.6. The number of carbonyl (C=O) groups excluding carboxylic acids is 1. The van der Waals surface area contributed by atoms with Crippen LogP contribution in [0.3, 0.4) is 0 Å². The molecule has 2 heterocycles. The maximum atomic E-state index is 12.6. The van der Waals surface area contributed by atoms with Crippen LogP contribution in [0.1, 0.15) is 35.9 Å². The van der Waals surface area contributed by atoms with Crippen molar-refractivity contribution in [1.29, 1.82) is 0 Å². The second-order valence-electron chi connectivity index (χ2n) is 7.05. The van der Waals surface area contributed by atoms with Crippen molar-refractivity contribution in [3.8, 4) is 11.4 Å². The second-order valence-corrected chi connectivity index (χ2v) is 7.05. The van der Waals surface area contributed by atoms with Crippen LogP contribution in [0, 0.1) is 6.92 Å². The Hall–Kier alpha value is -2.99. The van der Waals surface area contributed by atoms with E-state index < -0.39 is 0 Å². The molecule has 0 bridgehead atoms. The molecular formula is C22H23N3O3. The largest absolute Gasteiger partial charge is 0.367 e. The summed E-state index contributed by atoms with van der Waals surface area (Å²) < 4.78 is 11.1. The number of hydrogen-bond acceptors (Lipinski definition) is 5. The fraction of sp³-hybridized carbons (Fsp3) is 0.318. The number of amides is 1. The molecule has 28 heavy (non-hydrogen) atoms. The molecule has 1 aliphatic rings. The van der Waals surface area contributed by atoms with E-state index in [2.05, 4.69) is 10.1 Å². The molecule has 144 valence electrons. The molecule has 1 aromatic heterocycles. The van der Waals surface area contributed by atoms with E-state index in [0.29, 0.717) is 24.9 Å². The third-order valence-corrected chi connectivity index (χ3v) is 4.95. The first-order valence-corrected chi connectivity index (χ1v) is 9.52. The Balaban J connectivity index is 1.39. The zero-order valence-corrected chi connectivity index (χ0v) is 15.9. The molecule has 0 aliphatic carbocycles. The van der Waals surface area contributed by atoms with Gasteiger partial charge < -0.3 is 14.2 Å². The number of rotatable bonds is 6. The van der Waals surface area contributed by atoms with Gasteiger partial charge in [-0.05, 0) is 25.3 Å². The Morgan fingerprint density at radius 1 is 1.18 bits per heavy atom. The Morgan fingerprint density at radius 2 is 1.96 bits per heavy atom. The number of ether oxygens (including phenoxy) is 1. The summed E-state index contributed by atoms with van der Waals surface area (Å²) in [7, 11) is 0. The van der Waals surface area contributed by atoms with Crippen LogP contribution in [0.2, 0.25) is 0 Å². The first-order chi connectivity index (χ1) is 13.7. The van der Waals surface area contributed by atoms with Crippen LogP contribution in [0.25, 0.3) is 11.4 Å². The third-order valence-electron chi connectivity index (χ3n) is 4.95. The second kappa shape index (κ2) is 8.35. The van der Waals surface area contributed by atoms with Gasteiger partial charge in [-0.15, -0.1) is 0 Å². The van der Waals surface area contributed by atoms with Crippen LogP contribution in [0.5, 0.6) is 0 Å². The summed E-state index contributed by atoms with van der Waals surface area (Å²) in [4.78, 5) is 19.0. The van der Waals surface area contributed by atoms with E-state index in [9.17, 15) is 4.79 Å². The van der Waals surface area contributed by atoms with Crippen molar-refractivity contribution in [3.05, 3.63) is 71.6 Å². The van der Waals surface area contributed by atoms with Gasteiger partial charge in [0.2, 0.25) is 17.6 Å². The molecular weight excluding hydrogens is 354 g/mol. The van der Waals surface area contributed by atoms with Gasteiger partial charge in [0, 0.05) is 12.1 Å². The summed E-state index contributed by atoms with van der Waals surface area (Å²) in [6, 6.07) is 17.6. The quantitative estimate of drug-likeness (QED) is 0.651. The van der Waals surface area contributed by atoms with Crippen LogP contribution in [0.15, 0.2) is 59.1 Å². The zero-order chi connectivity index (χ0) is 19.3. The van der Waals surface area contributed by atoms with E-state index in [-0.39, 0.29) is 18.6 Å². The summed E-state index contributed by atoms with van der Waals surface area (Å²) in [5, 5.41) is 4.10. The number of aryl methyl sites for hydroxylation is 1. The average Bonchev–Trinajstić information content (AvgIpc) is 3.39. The van der Waals surface area contributed by atoms with E-state index in [4.69, 9.17) is 9.26 Å². The van der Waals surface area contributed by atoms with Crippen molar-refractivity contribution < 1.29 is 14.1 Å². The lowest BCUT2D eigenvalue weighted by Crippen LogP contribution is -2.33. The molecule has 1 aliphatic heterocycles. The molecule has 2 aromatic carbocycles. The predicted molar refractivity (Wildman–Crippen MR) is 104 cm³/mol. The number of hydrogen-bond donors (Lipinski definition) is 0. The molecule has 1 fully saturated rings. The fourth-order valence-corrected chi connectivity index (χ4v) is 3.43. The van der Waals surface area contributed by atoms with Gasteiger partial charge in [-0.2, -0.15) is 4.98 Å². The SMILES string of the molecule is Cc1ccc(-c2noc(C3CCCN3C(=O)COCc3ccccc3)n2)cc1. The van der Waals surface area contributed by atoms with Crippen LogP contribution < -0.4 is 0 Å². The van der Waals surface area contributed by atoms with Crippen molar-refractivity contribution in [3.63, 3.8) is 0 Å². The highest BCUT2D eigenvalue weighted by Gasteiger charge is 2.34. The minimum atomic E-state index is -0.181. The van der Waals surface area contributed by atoms with Crippen LogP contribution in [0.4, 0.5) is 0 Å². The summed E-state index contributed by atoms with van der Waals surface area (Å²) in [6.45, 7) is 3.18. The van der Waals surface area contributed by atoms with E-state index in [1.54, 1.807) is 4.90 Å². The van der Waals surface area contributed by atoms with Crippen LogP contribution in [-0.2, 0) is 16.1 Å². The smallest absolute Gasteiger partial charge is 0.249 e. The van der Waals surface area contributed by atoms with Gasteiger partial charge in [0.05, 0.1) is 6.61 Å². The van der Waals surface area contributed by atoms with Gasteiger partial charge in [-0.1, -0.05) is 65.3 Å². The molecule has 0 saturated carbocycles. The van der Waals surface area contributed by atoms with Crippen molar-refractivity contribution in [1.82, 2.24) is 15.0 Å². The Bertz CT molecular complexity index is 922. The van der Waals surface area contributed by atoms with Crippen LogP contribution in [-0.4, -0.2) is 34.1 Å². The Labute approximate surface area is 164 Å². The van der Waals surface area contributed by atoms with E-state index in [1.165, 1.54) is 5.56 Å². The molecule has 1 amide bonds. The van der Waals surface area contributed by atoms with Gasteiger partial charge in [0.1, 0.15) is 12.6 Å². The molecule has 0 spiro atoms. The van der Waals surface area contributed by atoms with Gasteiger partial charge in [-0.25, -0.2) is 0 Å². The topological polar surface area (TPSA) is 68.5 Å². The molecule has 1 saturated heterocycles. The summed E-state index contributed by atoms with van der Waals surface area (Å²) in [5.74, 6) is 0.993. The molecule has 4 rings (SSSR count). The van der Waals surface area contributed by atoms with Crippen LogP contribution >= 0.6 is 0 Å². The lowest BCUT2D eigenvalue weighted by molar-refractivity contribution is -0.138. The average molecular weight is 377 g/mol. The molecule has 1 unspecified atom stereocenters. The highest BCUT2D eigenvalue weighted by atomic mass is 16.5. The fourth-order valence-electron chi connectivity index (χ4n) is 3.43. The van der Waals surface area contributed by atoms with Gasteiger partial charge in [-0.3, -0.25) is 4.79 Å². The molecule has 1 atom stereocenters. The number of benzene rings is 2. The highest BCUT2D eigenvalue weighted by molar-refractivity contribution is 5.78. The number of carbonyl (C=O) groups is 1. The minimum Gasteiger partial charge on any atom is -0.367 e. The Morgan fingerprint density at radius 3 is 2.75 bits per heavy atom. The van der Waals surface area contributed by atoms with Crippen molar-refractivity contribution >= 4 is 5.91 Å². The molecule has 0 N–H and O–H groups in total. The molecule has 0 radical (unpaired) electrons. The summed E-state index contributed by atoms with van der Waals surface area (Å²) >= 11 is 0. The summed E-state index contributed by atoms with van der Waals surface area (Å²) in [5.41, 5.74) is 3.13. The van der Waals surface area contributed by atoms with Gasteiger partial charge >= 0.3 is 0 Å². The highest BCUT2D eigenvalue weighted by Crippen LogP contribution is 2.32. The number of nitrogens with zero attached hydrogens (tertiary/aromatic N) is 3. The Kier molecular flexibility index (Phi) is 5.48. The minimum absolute atomic E-state index is 0.0460. The van der Waals surface area contributed by atoms with Gasteiger partial charge in [0.15, 0.2) is 0 Å². The first kappa shape index (κ1) is 18.4. The first-order valence-electron chi connectivity index (χ1n) is 9.52.